The number of carboxylic acid groups (broad SMARTS) is 1. The molecule has 1 aliphatic rings. The van der Waals surface area contributed by atoms with E-state index in [1.807, 2.05) is 33.8 Å². The number of carbonyl (C=O) groups is 1. The molecule has 0 unspecified atom stereocenters. The van der Waals surface area contributed by atoms with E-state index >= 15 is 0 Å². The Morgan fingerprint density at radius 3 is 2.48 bits per heavy atom. The molecular formula is C17H21BN2O5. The van der Waals surface area contributed by atoms with Gasteiger partial charge in [0.15, 0.2) is 5.69 Å². The Bertz CT molecular complexity index is 840. The smallest absolute Gasteiger partial charge is 0.476 e. The Kier molecular flexibility index (Phi) is 4.22. The van der Waals surface area contributed by atoms with E-state index in [4.69, 9.17) is 9.31 Å². The number of nitrogens with zero attached hydrogens (tertiary/aromatic N) is 1. The van der Waals surface area contributed by atoms with Gasteiger partial charge >= 0.3 is 13.1 Å². The highest BCUT2D eigenvalue weighted by Crippen LogP contribution is 2.38. The summed E-state index contributed by atoms with van der Waals surface area (Å²) >= 11 is 0. The van der Waals surface area contributed by atoms with Crippen molar-refractivity contribution in [1.82, 2.24) is 10.2 Å². The van der Waals surface area contributed by atoms with E-state index in [2.05, 4.69) is 10.2 Å². The van der Waals surface area contributed by atoms with Crippen LogP contribution in [0.5, 0.6) is 0 Å². The van der Waals surface area contributed by atoms with Crippen molar-refractivity contribution in [2.24, 2.45) is 0 Å². The van der Waals surface area contributed by atoms with Crippen LogP contribution in [0.1, 0.15) is 43.7 Å². The zero-order valence-electron chi connectivity index (χ0n) is 14.7. The van der Waals surface area contributed by atoms with Gasteiger partial charge in [-0.25, -0.2) is 4.79 Å². The summed E-state index contributed by atoms with van der Waals surface area (Å²) in [5.74, 6) is -1.10. The number of aromatic carboxylic acids is 1. The maximum Gasteiger partial charge on any atom is 0.492 e. The van der Waals surface area contributed by atoms with Crippen LogP contribution < -0.4 is 0 Å². The largest absolute Gasteiger partial charge is 0.492 e. The van der Waals surface area contributed by atoms with Crippen molar-refractivity contribution in [1.29, 1.82) is 0 Å². The number of aromatic nitrogens is 2. The highest BCUT2D eigenvalue weighted by molar-refractivity contribution is 6.55. The maximum atomic E-state index is 11.2. The van der Waals surface area contributed by atoms with Gasteiger partial charge in [0.05, 0.1) is 23.3 Å². The lowest BCUT2D eigenvalue weighted by atomic mass is 9.77. The maximum absolute atomic E-state index is 11.2. The molecule has 1 fully saturated rings. The lowest BCUT2D eigenvalue weighted by Gasteiger charge is -2.32. The highest BCUT2D eigenvalue weighted by atomic mass is 16.7. The fraction of sp³-hybridized carbons (Fsp3) is 0.412. The van der Waals surface area contributed by atoms with Crippen LogP contribution in [0.2, 0.25) is 0 Å². The van der Waals surface area contributed by atoms with Gasteiger partial charge < -0.3 is 19.5 Å². The van der Waals surface area contributed by atoms with Crippen LogP contribution in [0.4, 0.5) is 0 Å². The molecule has 3 N–H and O–H groups in total. The number of aromatic amines is 1. The zero-order chi connectivity index (χ0) is 18.4. The standard InChI is InChI=1S/C17H21BN2O5/c1-16(2)17(3,4)25-18(24-16)11(9-21)7-10-5-6-13-12(8-10)14(15(22)23)20-19-13/h5-8,21H,9H2,1-4H3,(H,19,20)(H,22,23). The average Bonchev–Trinajstić information content (AvgIpc) is 3.02. The second-order valence-electron chi connectivity index (χ2n) is 7.15. The first-order valence-electron chi connectivity index (χ1n) is 8.03. The Labute approximate surface area is 145 Å². The number of H-pyrrole nitrogens is 1. The summed E-state index contributed by atoms with van der Waals surface area (Å²) in [6.45, 7) is 7.54. The monoisotopic (exact) mass is 344 g/mol. The minimum Gasteiger partial charge on any atom is -0.476 e. The van der Waals surface area contributed by atoms with Crippen molar-refractivity contribution in [2.45, 2.75) is 38.9 Å². The topological polar surface area (TPSA) is 105 Å². The van der Waals surface area contributed by atoms with Crippen molar-refractivity contribution in [3.63, 3.8) is 0 Å². The molecule has 1 aromatic carbocycles. The molecule has 132 valence electrons. The summed E-state index contributed by atoms with van der Waals surface area (Å²) in [7, 11) is -0.658. The van der Waals surface area contributed by atoms with Crippen LogP contribution in [-0.4, -0.2) is 51.3 Å². The Hall–Kier alpha value is -2.16. The fourth-order valence-electron chi connectivity index (χ4n) is 2.68. The number of aliphatic hydroxyl groups excluding tert-OH is 1. The summed E-state index contributed by atoms with van der Waals surface area (Å²) in [4.78, 5) is 11.2. The molecule has 0 spiro atoms. The lowest BCUT2D eigenvalue weighted by molar-refractivity contribution is 0.00578. The quantitative estimate of drug-likeness (QED) is 0.735. The van der Waals surface area contributed by atoms with Gasteiger partial charge in [-0.1, -0.05) is 12.1 Å². The number of benzene rings is 1. The van der Waals surface area contributed by atoms with Gasteiger partial charge in [0.1, 0.15) is 0 Å². The van der Waals surface area contributed by atoms with Crippen molar-refractivity contribution in [3.8, 4) is 0 Å². The normalized spacial score (nSPS) is 19.6. The number of aliphatic hydroxyl groups is 1. The Morgan fingerprint density at radius 1 is 1.28 bits per heavy atom. The van der Waals surface area contributed by atoms with E-state index in [9.17, 15) is 15.0 Å². The number of fused-ring (bicyclic) bond motifs is 1. The molecule has 0 radical (unpaired) electrons. The van der Waals surface area contributed by atoms with Crippen LogP contribution in [0.15, 0.2) is 23.7 Å². The van der Waals surface area contributed by atoms with E-state index in [1.54, 1.807) is 18.2 Å². The minimum absolute atomic E-state index is 0.0357. The molecule has 0 saturated carbocycles. The first-order valence-corrected chi connectivity index (χ1v) is 8.03. The molecule has 2 heterocycles. The van der Waals surface area contributed by atoms with Crippen molar-refractivity contribution in [2.75, 3.05) is 6.61 Å². The second-order valence-corrected chi connectivity index (χ2v) is 7.15. The first-order chi connectivity index (χ1) is 11.6. The van der Waals surface area contributed by atoms with Crippen LogP contribution in [0.25, 0.3) is 17.0 Å². The third-order valence-corrected chi connectivity index (χ3v) is 4.88. The van der Waals surface area contributed by atoms with E-state index in [-0.39, 0.29) is 12.3 Å². The third-order valence-electron chi connectivity index (χ3n) is 4.88. The van der Waals surface area contributed by atoms with Gasteiger partial charge in [0.2, 0.25) is 0 Å². The zero-order valence-corrected chi connectivity index (χ0v) is 14.7. The van der Waals surface area contributed by atoms with Crippen LogP contribution in [0.3, 0.4) is 0 Å². The highest BCUT2D eigenvalue weighted by Gasteiger charge is 2.52. The van der Waals surface area contributed by atoms with Gasteiger partial charge in [-0.15, -0.1) is 0 Å². The molecule has 1 aliphatic heterocycles. The van der Waals surface area contributed by atoms with Crippen LogP contribution >= 0.6 is 0 Å². The van der Waals surface area contributed by atoms with Gasteiger partial charge in [-0.3, -0.25) is 5.10 Å². The third kappa shape index (κ3) is 3.08. The molecule has 25 heavy (non-hydrogen) atoms. The minimum atomic E-state index is -1.10. The second kappa shape index (κ2) is 5.98. The lowest BCUT2D eigenvalue weighted by Crippen LogP contribution is -2.41. The van der Waals surface area contributed by atoms with Crippen LogP contribution in [0, 0.1) is 0 Å². The Morgan fingerprint density at radius 2 is 1.92 bits per heavy atom. The molecule has 0 amide bonds. The van der Waals surface area contributed by atoms with Crippen molar-refractivity contribution in [3.05, 3.63) is 34.9 Å². The Balaban J connectivity index is 1.97. The summed E-state index contributed by atoms with van der Waals surface area (Å²) in [6.07, 6.45) is 1.75. The van der Waals surface area contributed by atoms with Gasteiger partial charge in [-0.2, -0.15) is 5.10 Å². The van der Waals surface area contributed by atoms with Gasteiger partial charge in [0, 0.05) is 5.39 Å². The number of rotatable bonds is 4. The summed E-state index contributed by atoms with van der Waals surface area (Å²) in [5.41, 5.74) is 0.893. The summed E-state index contributed by atoms with van der Waals surface area (Å²) < 4.78 is 11.9. The molecular weight excluding hydrogens is 323 g/mol. The SMILES string of the molecule is CC1(C)OB(C(=Cc2ccc3[nH]nc(C(=O)O)c3c2)CO)OC1(C)C. The molecule has 0 aliphatic carbocycles. The van der Waals surface area contributed by atoms with E-state index in [1.165, 1.54) is 0 Å². The molecule has 2 aromatic rings. The predicted molar refractivity (Wildman–Crippen MR) is 94.2 cm³/mol. The molecule has 1 saturated heterocycles. The fourth-order valence-corrected chi connectivity index (χ4v) is 2.68. The summed E-state index contributed by atoms with van der Waals surface area (Å²) in [5, 5.41) is 26.0. The number of nitrogens with one attached hydrogen (secondary N) is 1. The van der Waals surface area contributed by atoms with E-state index in [0.29, 0.717) is 16.4 Å². The molecule has 1 aromatic heterocycles. The van der Waals surface area contributed by atoms with Crippen molar-refractivity contribution >= 4 is 30.1 Å². The molecule has 0 atom stereocenters. The average molecular weight is 344 g/mol. The molecule has 3 rings (SSSR count). The molecule has 0 bridgehead atoms. The van der Waals surface area contributed by atoms with E-state index in [0.717, 1.165) is 5.56 Å². The molecule has 8 heteroatoms. The van der Waals surface area contributed by atoms with Crippen LogP contribution in [-0.2, 0) is 9.31 Å². The number of hydrogen-bond donors (Lipinski definition) is 3. The number of hydrogen-bond acceptors (Lipinski definition) is 5. The van der Waals surface area contributed by atoms with E-state index < -0.39 is 24.3 Å². The summed E-state index contributed by atoms with van der Waals surface area (Å²) in [6, 6.07) is 5.27. The van der Waals surface area contributed by atoms with Gasteiger partial charge in [-0.05, 0) is 50.9 Å². The molecule has 7 nitrogen and oxygen atoms in total. The first kappa shape index (κ1) is 17.7. The van der Waals surface area contributed by atoms with Gasteiger partial charge in [0.25, 0.3) is 0 Å². The van der Waals surface area contributed by atoms with Crippen molar-refractivity contribution < 1.29 is 24.3 Å². The predicted octanol–water partition coefficient (Wildman–Crippen LogP) is 2.27. The number of carboxylic acids is 1.